The van der Waals surface area contributed by atoms with E-state index in [4.69, 9.17) is 0 Å². The molecule has 0 saturated heterocycles. The number of rotatable bonds is 4. The summed E-state index contributed by atoms with van der Waals surface area (Å²) < 4.78 is 0. The van der Waals surface area contributed by atoms with Crippen LogP contribution in [0.15, 0.2) is 29.8 Å². The van der Waals surface area contributed by atoms with Crippen molar-refractivity contribution in [1.29, 1.82) is 0 Å². The Morgan fingerprint density at radius 2 is 1.68 bits per heavy atom. The van der Waals surface area contributed by atoms with E-state index in [1.807, 2.05) is 0 Å². The van der Waals surface area contributed by atoms with Crippen molar-refractivity contribution in [2.75, 3.05) is 18.0 Å². The van der Waals surface area contributed by atoms with Crippen LogP contribution in [0.25, 0.3) is 6.08 Å². The van der Waals surface area contributed by atoms with Gasteiger partial charge in [0.1, 0.15) is 0 Å². The van der Waals surface area contributed by atoms with E-state index in [0.29, 0.717) is 5.78 Å². The molecule has 2 nitrogen and oxygen atoms in total. The van der Waals surface area contributed by atoms with E-state index in [9.17, 15) is 4.79 Å². The quantitative estimate of drug-likeness (QED) is 0.758. The molecule has 1 aliphatic rings. The summed E-state index contributed by atoms with van der Waals surface area (Å²) in [4.78, 5) is 14.1. The van der Waals surface area contributed by atoms with Gasteiger partial charge in [0.05, 0.1) is 0 Å². The Kier molecular flexibility index (Phi) is 4.78. The molecule has 0 amide bonds. The van der Waals surface area contributed by atoms with E-state index in [0.717, 1.165) is 49.9 Å². The van der Waals surface area contributed by atoms with Crippen LogP contribution in [0.1, 0.15) is 45.1 Å². The number of ketones is 1. The fraction of sp³-hybridized carbons (Fsp3) is 0.471. The fourth-order valence-corrected chi connectivity index (χ4v) is 2.62. The number of benzene rings is 1. The minimum atomic E-state index is 0.332. The Morgan fingerprint density at radius 3 is 2.26 bits per heavy atom. The van der Waals surface area contributed by atoms with Gasteiger partial charge in [0.2, 0.25) is 0 Å². The second-order valence-corrected chi connectivity index (χ2v) is 5.06. The van der Waals surface area contributed by atoms with Crippen LogP contribution in [0.2, 0.25) is 0 Å². The van der Waals surface area contributed by atoms with Gasteiger partial charge in [0.25, 0.3) is 0 Å². The van der Waals surface area contributed by atoms with Gasteiger partial charge in [-0.25, -0.2) is 0 Å². The van der Waals surface area contributed by atoms with Crippen molar-refractivity contribution in [1.82, 2.24) is 0 Å². The molecule has 2 rings (SSSR count). The molecule has 0 spiro atoms. The number of nitrogens with zero attached hydrogens (tertiary/aromatic N) is 1. The lowest BCUT2D eigenvalue weighted by atomic mass is 9.92. The highest BCUT2D eigenvalue weighted by Gasteiger charge is 2.14. The van der Waals surface area contributed by atoms with E-state index in [1.54, 1.807) is 0 Å². The molecular formula is C17H23NO. The van der Waals surface area contributed by atoms with Gasteiger partial charge in [-0.05, 0) is 62.5 Å². The molecule has 0 radical (unpaired) electrons. The topological polar surface area (TPSA) is 20.3 Å². The highest BCUT2D eigenvalue weighted by atomic mass is 16.1. The lowest BCUT2D eigenvalue weighted by Crippen LogP contribution is -2.21. The number of carbonyl (C=O) groups excluding carboxylic acids is 1. The lowest BCUT2D eigenvalue weighted by molar-refractivity contribution is -0.116. The molecule has 0 bridgehead atoms. The minimum Gasteiger partial charge on any atom is -0.372 e. The first-order valence-electron chi connectivity index (χ1n) is 7.33. The summed E-state index contributed by atoms with van der Waals surface area (Å²) in [5.41, 5.74) is 3.39. The van der Waals surface area contributed by atoms with Gasteiger partial charge in [-0.2, -0.15) is 0 Å². The zero-order chi connectivity index (χ0) is 13.7. The Morgan fingerprint density at radius 1 is 1.05 bits per heavy atom. The van der Waals surface area contributed by atoms with Gasteiger partial charge >= 0.3 is 0 Å². The predicted octanol–water partition coefficient (Wildman–Crippen LogP) is 4.06. The predicted molar refractivity (Wildman–Crippen MR) is 81.5 cm³/mol. The molecule has 1 saturated carbocycles. The smallest absolute Gasteiger partial charge is 0.158 e. The largest absolute Gasteiger partial charge is 0.372 e. The molecule has 1 fully saturated rings. The van der Waals surface area contributed by atoms with E-state index < -0.39 is 0 Å². The molecule has 0 unspecified atom stereocenters. The highest BCUT2D eigenvalue weighted by molar-refractivity contribution is 6.00. The standard InChI is InChI=1S/C17H23NO/c1-3-18(4-2)16-11-9-14(10-12-16)13-15-7-5-6-8-17(15)19/h9-13H,3-8H2,1-2H3/b15-13+. The van der Waals surface area contributed by atoms with Crippen LogP contribution in [0, 0.1) is 0 Å². The van der Waals surface area contributed by atoms with Crippen LogP contribution in [0.5, 0.6) is 0 Å². The molecule has 1 aliphatic carbocycles. The van der Waals surface area contributed by atoms with Crippen LogP contribution in [-0.2, 0) is 4.79 Å². The van der Waals surface area contributed by atoms with Gasteiger partial charge < -0.3 is 4.90 Å². The minimum absolute atomic E-state index is 0.332. The normalized spacial score (nSPS) is 17.8. The molecular weight excluding hydrogens is 234 g/mol. The van der Waals surface area contributed by atoms with E-state index in [2.05, 4.69) is 49.1 Å². The molecule has 0 aromatic heterocycles. The van der Waals surface area contributed by atoms with Crippen molar-refractivity contribution >= 4 is 17.5 Å². The van der Waals surface area contributed by atoms with Crippen molar-refractivity contribution in [3.63, 3.8) is 0 Å². The lowest BCUT2D eigenvalue weighted by Gasteiger charge is -2.21. The molecule has 0 aliphatic heterocycles. The Labute approximate surface area is 116 Å². The summed E-state index contributed by atoms with van der Waals surface area (Å²) in [5, 5.41) is 0. The molecule has 1 aromatic carbocycles. The third-order valence-electron chi connectivity index (χ3n) is 3.82. The third-order valence-corrected chi connectivity index (χ3v) is 3.82. The van der Waals surface area contributed by atoms with Gasteiger partial charge in [-0.1, -0.05) is 12.1 Å². The second kappa shape index (κ2) is 6.55. The molecule has 0 N–H and O–H groups in total. The first kappa shape index (κ1) is 13.9. The SMILES string of the molecule is CCN(CC)c1ccc(/C=C2\CCCCC2=O)cc1. The fourth-order valence-electron chi connectivity index (χ4n) is 2.62. The molecule has 0 heterocycles. The Bertz CT molecular complexity index is 455. The van der Waals surface area contributed by atoms with Crippen LogP contribution in [0.4, 0.5) is 5.69 Å². The van der Waals surface area contributed by atoms with Crippen LogP contribution >= 0.6 is 0 Å². The van der Waals surface area contributed by atoms with Gasteiger partial charge in [0, 0.05) is 25.2 Å². The zero-order valence-electron chi connectivity index (χ0n) is 12.0. The van der Waals surface area contributed by atoms with Crippen LogP contribution in [-0.4, -0.2) is 18.9 Å². The maximum Gasteiger partial charge on any atom is 0.158 e. The van der Waals surface area contributed by atoms with Crippen molar-refractivity contribution in [2.24, 2.45) is 0 Å². The van der Waals surface area contributed by atoms with E-state index >= 15 is 0 Å². The first-order chi connectivity index (χ1) is 9.24. The van der Waals surface area contributed by atoms with E-state index in [1.165, 1.54) is 5.69 Å². The number of carbonyl (C=O) groups is 1. The number of hydrogen-bond donors (Lipinski definition) is 0. The summed E-state index contributed by atoms with van der Waals surface area (Å²) in [5.74, 6) is 0.332. The maximum atomic E-state index is 11.8. The number of allylic oxidation sites excluding steroid dienone is 1. The summed E-state index contributed by atoms with van der Waals surface area (Å²) in [7, 11) is 0. The van der Waals surface area contributed by atoms with Crippen LogP contribution < -0.4 is 4.90 Å². The summed E-state index contributed by atoms with van der Waals surface area (Å²) in [6.45, 7) is 6.38. The number of hydrogen-bond acceptors (Lipinski definition) is 2. The van der Waals surface area contributed by atoms with E-state index in [-0.39, 0.29) is 0 Å². The highest BCUT2D eigenvalue weighted by Crippen LogP contribution is 2.23. The zero-order valence-corrected chi connectivity index (χ0v) is 12.0. The summed E-state index contributed by atoms with van der Waals surface area (Å²) >= 11 is 0. The molecule has 19 heavy (non-hydrogen) atoms. The first-order valence-corrected chi connectivity index (χ1v) is 7.33. The van der Waals surface area contributed by atoms with Crippen molar-refractivity contribution < 1.29 is 4.79 Å². The van der Waals surface area contributed by atoms with Gasteiger partial charge in [-0.3, -0.25) is 4.79 Å². The van der Waals surface area contributed by atoms with Gasteiger partial charge in [0.15, 0.2) is 5.78 Å². The maximum absolute atomic E-state index is 11.8. The number of Topliss-reactive ketones (excluding diaryl/α,β-unsaturated/α-hetero) is 1. The molecule has 1 aromatic rings. The third kappa shape index (κ3) is 3.46. The van der Waals surface area contributed by atoms with Crippen molar-refractivity contribution in [2.45, 2.75) is 39.5 Å². The number of anilines is 1. The van der Waals surface area contributed by atoms with Crippen molar-refractivity contribution in [3.05, 3.63) is 35.4 Å². The van der Waals surface area contributed by atoms with Crippen LogP contribution in [0.3, 0.4) is 0 Å². The average molecular weight is 257 g/mol. The van der Waals surface area contributed by atoms with Gasteiger partial charge in [-0.15, -0.1) is 0 Å². The Balaban J connectivity index is 2.14. The summed E-state index contributed by atoms with van der Waals surface area (Å²) in [6.07, 6.45) is 5.93. The molecule has 0 atom stereocenters. The second-order valence-electron chi connectivity index (χ2n) is 5.06. The van der Waals surface area contributed by atoms with Crippen molar-refractivity contribution in [3.8, 4) is 0 Å². The average Bonchev–Trinajstić information content (AvgIpc) is 2.44. The monoisotopic (exact) mass is 257 g/mol. The molecule has 102 valence electrons. The summed E-state index contributed by atoms with van der Waals surface area (Å²) in [6, 6.07) is 8.52. The molecule has 2 heteroatoms. The Hall–Kier alpha value is -1.57.